The minimum atomic E-state index is 0.514. The third kappa shape index (κ3) is 1.60. The van der Waals surface area contributed by atoms with Gasteiger partial charge in [-0.05, 0) is 6.92 Å². The smallest absolute Gasteiger partial charge is 0.161 e. The van der Waals surface area contributed by atoms with Crippen LogP contribution in [0.5, 0.6) is 0 Å². The van der Waals surface area contributed by atoms with E-state index in [4.69, 9.17) is 5.73 Å². The number of aromatic nitrogens is 4. The Morgan fingerprint density at radius 3 is 3.00 bits per heavy atom. The SMILES string of the molecule is CCn1ccnc1Cc1nsnc1N. The average Bonchev–Trinajstić information content (AvgIpc) is 2.77. The molecule has 0 aromatic carbocycles. The Labute approximate surface area is 85.9 Å². The molecule has 5 nitrogen and oxygen atoms in total. The zero-order valence-electron chi connectivity index (χ0n) is 7.84. The van der Waals surface area contributed by atoms with Crippen LogP contribution in [-0.4, -0.2) is 18.3 Å². The number of nitrogens with two attached hydrogens (primary N) is 1. The van der Waals surface area contributed by atoms with Crippen LogP contribution >= 0.6 is 11.7 Å². The van der Waals surface area contributed by atoms with Gasteiger partial charge in [-0.25, -0.2) is 4.98 Å². The largest absolute Gasteiger partial charge is 0.381 e. The lowest BCUT2D eigenvalue weighted by Crippen LogP contribution is -2.03. The first-order valence-electron chi connectivity index (χ1n) is 4.38. The van der Waals surface area contributed by atoms with Gasteiger partial charge in [0.25, 0.3) is 0 Å². The molecule has 0 spiro atoms. The molecular formula is C8H11N5S. The lowest BCUT2D eigenvalue weighted by Gasteiger charge is -2.02. The Bertz CT molecular complexity index is 419. The van der Waals surface area contributed by atoms with Gasteiger partial charge in [0.2, 0.25) is 0 Å². The number of aryl methyl sites for hydroxylation is 1. The molecule has 0 bridgehead atoms. The molecule has 14 heavy (non-hydrogen) atoms. The van der Waals surface area contributed by atoms with Gasteiger partial charge < -0.3 is 10.3 Å². The Morgan fingerprint density at radius 1 is 1.50 bits per heavy atom. The Balaban J connectivity index is 2.22. The third-order valence-electron chi connectivity index (χ3n) is 2.05. The van der Waals surface area contributed by atoms with E-state index in [2.05, 4.69) is 25.2 Å². The second-order valence-corrected chi connectivity index (χ2v) is 3.43. The van der Waals surface area contributed by atoms with E-state index in [1.165, 1.54) is 0 Å². The minimum Gasteiger partial charge on any atom is -0.381 e. The Kier molecular flexibility index (Phi) is 2.45. The number of anilines is 1. The molecule has 0 saturated heterocycles. The minimum absolute atomic E-state index is 0.514. The van der Waals surface area contributed by atoms with Gasteiger partial charge in [-0.1, -0.05) is 0 Å². The third-order valence-corrected chi connectivity index (χ3v) is 2.63. The van der Waals surface area contributed by atoms with Gasteiger partial charge in [0.1, 0.15) is 11.5 Å². The summed E-state index contributed by atoms with van der Waals surface area (Å²) in [6.07, 6.45) is 4.39. The van der Waals surface area contributed by atoms with Crippen molar-refractivity contribution in [2.24, 2.45) is 0 Å². The summed E-state index contributed by atoms with van der Waals surface area (Å²) in [5.74, 6) is 1.49. The van der Waals surface area contributed by atoms with Crippen molar-refractivity contribution in [3.8, 4) is 0 Å². The molecule has 0 aliphatic rings. The molecule has 0 saturated carbocycles. The average molecular weight is 209 g/mol. The lowest BCUT2D eigenvalue weighted by molar-refractivity contribution is 0.710. The van der Waals surface area contributed by atoms with Crippen LogP contribution in [0.3, 0.4) is 0 Å². The summed E-state index contributed by atoms with van der Waals surface area (Å²) in [5.41, 5.74) is 6.46. The molecule has 2 rings (SSSR count). The highest BCUT2D eigenvalue weighted by molar-refractivity contribution is 6.99. The molecule has 2 aromatic rings. The van der Waals surface area contributed by atoms with Crippen molar-refractivity contribution in [3.63, 3.8) is 0 Å². The molecule has 2 aromatic heterocycles. The maximum atomic E-state index is 5.65. The molecule has 0 radical (unpaired) electrons. The molecule has 74 valence electrons. The van der Waals surface area contributed by atoms with Gasteiger partial charge in [0.15, 0.2) is 5.82 Å². The summed E-state index contributed by atoms with van der Waals surface area (Å²) < 4.78 is 10.1. The lowest BCUT2D eigenvalue weighted by atomic mass is 10.3. The summed E-state index contributed by atoms with van der Waals surface area (Å²) >= 11 is 1.14. The normalized spacial score (nSPS) is 10.6. The van der Waals surface area contributed by atoms with Gasteiger partial charge in [-0.3, -0.25) is 0 Å². The fourth-order valence-electron chi connectivity index (χ4n) is 1.28. The molecule has 0 unspecified atom stereocenters. The summed E-state index contributed by atoms with van der Waals surface area (Å²) in [6.45, 7) is 2.99. The van der Waals surface area contributed by atoms with Gasteiger partial charge in [-0.2, -0.15) is 8.75 Å². The van der Waals surface area contributed by atoms with Crippen molar-refractivity contribution in [2.75, 3.05) is 5.73 Å². The van der Waals surface area contributed by atoms with E-state index in [1.807, 2.05) is 6.20 Å². The monoisotopic (exact) mass is 209 g/mol. The standard InChI is InChI=1S/C8H11N5S/c1-2-13-4-3-10-7(13)5-6-8(9)12-14-11-6/h3-4H,2,5H2,1H3,(H2,9,12). The summed E-state index contributed by atoms with van der Waals surface area (Å²) in [5, 5.41) is 0. The molecular weight excluding hydrogens is 198 g/mol. The van der Waals surface area contributed by atoms with Crippen LogP contribution in [0.25, 0.3) is 0 Å². The van der Waals surface area contributed by atoms with Crippen LogP contribution in [0, 0.1) is 0 Å². The number of imidazole rings is 1. The predicted octanol–water partition coefficient (Wildman–Crippen LogP) is 0.927. The quantitative estimate of drug-likeness (QED) is 0.816. The first-order valence-corrected chi connectivity index (χ1v) is 5.11. The number of nitrogens with zero attached hydrogens (tertiary/aromatic N) is 4. The zero-order chi connectivity index (χ0) is 9.97. The van der Waals surface area contributed by atoms with E-state index in [0.717, 1.165) is 29.8 Å². The van der Waals surface area contributed by atoms with Gasteiger partial charge in [0, 0.05) is 18.9 Å². The molecule has 6 heteroatoms. The van der Waals surface area contributed by atoms with Crippen LogP contribution < -0.4 is 5.73 Å². The van der Waals surface area contributed by atoms with Crippen molar-refractivity contribution < 1.29 is 0 Å². The van der Waals surface area contributed by atoms with Crippen molar-refractivity contribution in [2.45, 2.75) is 19.9 Å². The van der Waals surface area contributed by atoms with Crippen molar-refractivity contribution in [1.82, 2.24) is 18.3 Å². The first-order chi connectivity index (χ1) is 6.81. The highest BCUT2D eigenvalue weighted by Crippen LogP contribution is 2.12. The van der Waals surface area contributed by atoms with Gasteiger partial charge in [-0.15, -0.1) is 0 Å². The van der Waals surface area contributed by atoms with Crippen molar-refractivity contribution in [1.29, 1.82) is 0 Å². The van der Waals surface area contributed by atoms with E-state index >= 15 is 0 Å². The molecule has 0 amide bonds. The fraction of sp³-hybridized carbons (Fsp3) is 0.375. The molecule has 2 N–H and O–H groups in total. The summed E-state index contributed by atoms with van der Waals surface area (Å²) in [6, 6.07) is 0. The Hall–Kier alpha value is -1.43. The summed E-state index contributed by atoms with van der Waals surface area (Å²) in [7, 11) is 0. The molecule has 0 aliphatic carbocycles. The number of rotatable bonds is 3. The van der Waals surface area contributed by atoms with Crippen LogP contribution in [0.15, 0.2) is 12.4 Å². The van der Waals surface area contributed by atoms with Crippen LogP contribution in [0.1, 0.15) is 18.4 Å². The molecule has 0 atom stereocenters. The number of hydrogen-bond acceptors (Lipinski definition) is 5. The van der Waals surface area contributed by atoms with E-state index < -0.39 is 0 Å². The molecule has 0 aliphatic heterocycles. The maximum absolute atomic E-state index is 5.65. The van der Waals surface area contributed by atoms with Crippen LogP contribution in [-0.2, 0) is 13.0 Å². The second-order valence-electron chi connectivity index (χ2n) is 2.90. The van der Waals surface area contributed by atoms with Crippen LogP contribution in [0.4, 0.5) is 5.82 Å². The van der Waals surface area contributed by atoms with Crippen molar-refractivity contribution in [3.05, 3.63) is 23.9 Å². The summed E-state index contributed by atoms with van der Waals surface area (Å²) in [4.78, 5) is 4.25. The zero-order valence-corrected chi connectivity index (χ0v) is 8.66. The maximum Gasteiger partial charge on any atom is 0.161 e. The second kappa shape index (κ2) is 3.75. The van der Waals surface area contributed by atoms with Crippen LogP contribution in [0.2, 0.25) is 0 Å². The topological polar surface area (TPSA) is 69.6 Å². The molecule has 2 heterocycles. The predicted molar refractivity (Wildman–Crippen MR) is 55.0 cm³/mol. The number of hydrogen-bond donors (Lipinski definition) is 1. The van der Waals surface area contributed by atoms with E-state index in [0.29, 0.717) is 12.2 Å². The number of nitrogen functional groups attached to an aromatic ring is 1. The highest BCUT2D eigenvalue weighted by Gasteiger charge is 2.08. The van der Waals surface area contributed by atoms with Crippen molar-refractivity contribution >= 4 is 17.5 Å². The fourth-order valence-corrected chi connectivity index (χ4v) is 1.77. The van der Waals surface area contributed by atoms with E-state index in [9.17, 15) is 0 Å². The van der Waals surface area contributed by atoms with E-state index in [-0.39, 0.29) is 0 Å². The van der Waals surface area contributed by atoms with Gasteiger partial charge in [0.05, 0.1) is 18.1 Å². The van der Waals surface area contributed by atoms with Gasteiger partial charge >= 0.3 is 0 Å². The first kappa shape index (κ1) is 9.14. The molecule has 0 fully saturated rings. The Morgan fingerprint density at radius 2 is 2.36 bits per heavy atom. The highest BCUT2D eigenvalue weighted by atomic mass is 32.1. The van der Waals surface area contributed by atoms with E-state index in [1.54, 1.807) is 6.20 Å².